The van der Waals surface area contributed by atoms with Gasteiger partial charge in [0.2, 0.25) is 0 Å². The number of hydrogen-bond acceptors (Lipinski definition) is 3. The smallest absolute Gasteiger partial charge is 0.191 e. The van der Waals surface area contributed by atoms with Crippen LogP contribution < -0.4 is 15.4 Å². The van der Waals surface area contributed by atoms with E-state index >= 15 is 0 Å². The minimum absolute atomic E-state index is 0.505. The quantitative estimate of drug-likeness (QED) is 0.614. The van der Waals surface area contributed by atoms with E-state index in [1.54, 1.807) is 7.11 Å². The fraction of sp³-hybridized carbons (Fsp3) is 0.650. The second kappa shape index (κ2) is 9.66. The summed E-state index contributed by atoms with van der Waals surface area (Å²) in [6.07, 6.45) is 2.34. The van der Waals surface area contributed by atoms with Crippen LogP contribution in [0.4, 0.5) is 0 Å². The number of methoxy groups -OCH3 is 1. The number of benzene rings is 1. The van der Waals surface area contributed by atoms with Crippen LogP contribution >= 0.6 is 0 Å². The molecule has 1 aromatic carbocycles. The summed E-state index contributed by atoms with van der Waals surface area (Å²) in [7, 11) is 1.71. The molecular formula is C20H34N4O. The highest BCUT2D eigenvalue weighted by Gasteiger charge is 2.21. The van der Waals surface area contributed by atoms with Gasteiger partial charge in [-0.05, 0) is 57.7 Å². The van der Waals surface area contributed by atoms with Gasteiger partial charge in [-0.25, -0.2) is 4.99 Å². The Kier molecular flexibility index (Phi) is 7.56. The first-order valence-corrected chi connectivity index (χ1v) is 9.45. The van der Waals surface area contributed by atoms with Crippen molar-refractivity contribution in [2.24, 2.45) is 4.99 Å². The Bertz CT molecular complexity index is 563. The molecule has 0 amide bonds. The van der Waals surface area contributed by atoms with Crippen molar-refractivity contribution >= 4 is 5.96 Å². The summed E-state index contributed by atoms with van der Waals surface area (Å²) in [5.41, 5.74) is 2.35. The molecule has 2 rings (SSSR count). The molecule has 140 valence electrons. The van der Waals surface area contributed by atoms with Gasteiger partial charge in [-0.15, -0.1) is 0 Å². The maximum absolute atomic E-state index is 5.33. The third-order valence-electron chi connectivity index (χ3n) is 4.82. The molecule has 1 saturated heterocycles. The van der Waals surface area contributed by atoms with Gasteiger partial charge < -0.3 is 20.3 Å². The average molecular weight is 347 g/mol. The van der Waals surface area contributed by atoms with Crippen molar-refractivity contribution in [2.45, 2.75) is 59.2 Å². The first kappa shape index (κ1) is 19.6. The molecule has 0 aromatic heterocycles. The van der Waals surface area contributed by atoms with E-state index < -0.39 is 0 Å². The van der Waals surface area contributed by atoms with Gasteiger partial charge in [-0.2, -0.15) is 0 Å². The van der Waals surface area contributed by atoms with Crippen molar-refractivity contribution in [1.82, 2.24) is 15.5 Å². The molecule has 0 atom stereocenters. The lowest BCUT2D eigenvalue weighted by Gasteiger charge is -2.35. The second-order valence-corrected chi connectivity index (χ2v) is 7.05. The number of ether oxygens (including phenoxy) is 1. The molecule has 1 fully saturated rings. The van der Waals surface area contributed by atoms with Gasteiger partial charge in [0, 0.05) is 31.7 Å². The predicted molar refractivity (Wildman–Crippen MR) is 105 cm³/mol. The van der Waals surface area contributed by atoms with E-state index in [-0.39, 0.29) is 0 Å². The zero-order valence-electron chi connectivity index (χ0n) is 16.4. The van der Waals surface area contributed by atoms with Crippen LogP contribution in [0.5, 0.6) is 5.75 Å². The highest BCUT2D eigenvalue weighted by molar-refractivity contribution is 5.80. The first-order chi connectivity index (χ1) is 12.0. The molecule has 0 spiro atoms. The van der Waals surface area contributed by atoms with Gasteiger partial charge >= 0.3 is 0 Å². The predicted octanol–water partition coefficient (Wildman–Crippen LogP) is 2.93. The maximum atomic E-state index is 5.33. The molecular weight excluding hydrogens is 312 g/mol. The van der Waals surface area contributed by atoms with Crippen LogP contribution in [0.2, 0.25) is 0 Å². The number of hydrogen-bond donors (Lipinski definition) is 2. The third-order valence-corrected chi connectivity index (χ3v) is 4.82. The summed E-state index contributed by atoms with van der Waals surface area (Å²) in [4.78, 5) is 7.31. The fourth-order valence-corrected chi connectivity index (χ4v) is 3.28. The van der Waals surface area contributed by atoms with Gasteiger partial charge in [-0.1, -0.05) is 12.1 Å². The van der Waals surface area contributed by atoms with E-state index in [0.29, 0.717) is 18.6 Å². The summed E-state index contributed by atoms with van der Waals surface area (Å²) < 4.78 is 5.33. The van der Waals surface area contributed by atoms with Crippen molar-refractivity contribution in [3.05, 3.63) is 29.3 Å². The second-order valence-electron chi connectivity index (χ2n) is 7.05. The summed E-state index contributed by atoms with van der Waals surface area (Å²) >= 11 is 0. The molecule has 0 bridgehead atoms. The molecule has 0 saturated carbocycles. The number of nitrogens with one attached hydrogen (secondary N) is 2. The zero-order chi connectivity index (χ0) is 18.2. The van der Waals surface area contributed by atoms with Gasteiger partial charge in [0.15, 0.2) is 5.96 Å². The van der Waals surface area contributed by atoms with E-state index in [4.69, 9.17) is 9.73 Å². The summed E-state index contributed by atoms with van der Waals surface area (Å²) in [6, 6.07) is 7.39. The number of guanidine groups is 1. The fourth-order valence-electron chi connectivity index (χ4n) is 3.28. The number of aliphatic imine (C=N–C) groups is 1. The van der Waals surface area contributed by atoms with E-state index in [2.05, 4.69) is 55.4 Å². The van der Waals surface area contributed by atoms with Gasteiger partial charge in [0.25, 0.3) is 0 Å². The Morgan fingerprint density at radius 2 is 2.04 bits per heavy atom. The summed E-state index contributed by atoms with van der Waals surface area (Å²) in [5, 5.41) is 6.98. The normalized spacial score (nSPS) is 17.0. The van der Waals surface area contributed by atoms with Gasteiger partial charge in [-0.3, -0.25) is 0 Å². The molecule has 1 aliphatic rings. The largest absolute Gasteiger partial charge is 0.496 e. The van der Waals surface area contributed by atoms with E-state index in [9.17, 15) is 0 Å². The maximum Gasteiger partial charge on any atom is 0.191 e. The monoisotopic (exact) mass is 346 g/mol. The van der Waals surface area contributed by atoms with E-state index in [1.807, 2.05) is 6.07 Å². The SMILES string of the molecule is CCNC(=NCc1ccc(OC)c(C)c1)NC1CCN(C(C)C)CC1. The standard InChI is InChI=1S/C20H34N4O/c1-6-21-20(23-18-9-11-24(12-10-18)15(2)3)22-14-17-7-8-19(25-5)16(4)13-17/h7-8,13,15,18H,6,9-12,14H2,1-5H3,(H2,21,22,23). The van der Waals surface area contributed by atoms with Crippen LogP contribution in [0.1, 0.15) is 44.7 Å². The first-order valence-electron chi connectivity index (χ1n) is 9.45. The minimum Gasteiger partial charge on any atom is -0.496 e. The average Bonchev–Trinajstić information content (AvgIpc) is 2.60. The van der Waals surface area contributed by atoms with Gasteiger partial charge in [0.1, 0.15) is 5.75 Å². The Balaban J connectivity index is 1.93. The van der Waals surface area contributed by atoms with Crippen LogP contribution in [-0.4, -0.2) is 49.7 Å². The molecule has 2 N–H and O–H groups in total. The molecule has 1 aromatic rings. The third kappa shape index (κ3) is 5.92. The van der Waals surface area contributed by atoms with E-state index in [1.165, 1.54) is 18.4 Å². The van der Waals surface area contributed by atoms with Crippen LogP contribution in [0.25, 0.3) is 0 Å². The van der Waals surface area contributed by atoms with Crippen LogP contribution in [0.3, 0.4) is 0 Å². The Labute approximate surface area is 152 Å². The summed E-state index contributed by atoms with van der Waals surface area (Å²) in [6.45, 7) is 12.6. The number of aryl methyl sites for hydroxylation is 1. The molecule has 5 heteroatoms. The zero-order valence-corrected chi connectivity index (χ0v) is 16.4. The number of piperidine rings is 1. The van der Waals surface area contributed by atoms with Crippen molar-refractivity contribution in [3.63, 3.8) is 0 Å². The summed E-state index contributed by atoms with van der Waals surface area (Å²) in [5.74, 6) is 1.84. The minimum atomic E-state index is 0.505. The number of rotatable bonds is 6. The molecule has 0 radical (unpaired) electrons. The Hall–Kier alpha value is -1.75. The van der Waals surface area contributed by atoms with Crippen molar-refractivity contribution < 1.29 is 4.74 Å². The molecule has 0 unspecified atom stereocenters. The van der Waals surface area contributed by atoms with Crippen molar-refractivity contribution in [2.75, 3.05) is 26.7 Å². The Morgan fingerprint density at radius 3 is 2.60 bits per heavy atom. The van der Waals surface area contributed by atoms with E-state index in [0.717, 1.165) is 36.9 Å². The highest BCUT2D eigenvalue weighted by Crippen LogP contribution is 2.19. The molecule has 5 nitrogen and oxygen atoms in total. The highest BCUT2D eigenvalue weighted by atomic mass is 16.5. The van der Waals surface area contributed by atoms with Crippen LogP contribution in [-0.2, 0) is 6.54 Å². The lowest BCUT2D eigenvalue weighted by atomic mass is 10.0. The number of likely N-dealkylation sites (tertiary alicyclic amines) is 1. The molecule has 0 aliphatic carbocycles. The molecule has 1 aliphatic heterocycles. The van der Waals surface area contributed by atoms with Crippen molar-refractivity contribution in [1.29, 1.82) is 0 Å². The Morgan fingerprint density at radius 1 is 1.32 bits per heavy atom. The lowest BCUT2D eigenvalue weighted by Crippen LogP contribution is -2.49. The number of nitrogens with zero attached hydrogens (tertiary/aromatic N) is 2. The van der Waals surface area contributed by atoms with Crippen LogP contribution in [0.15, 0.2) is 23.2 Å². The molecule has 1 heterocycles. The lowest BCUT2D eigenvalue weighted by molar-refractivity contribution is 0.167. The van der Waals surface area contributed by atoms with Gasteiger partial charge in [0.05, 0.1) is 13.7 Å². The van der Waals surface area contributed by atoms with Crippen LogP contribution in [0, 0.1) is 6.92 Å². The molecule has 25 heavy (non-hydrogen) atoms. The topological polar surface area (TPSA) is 48.9 Å². The van der Waals surface area contributed by atoms with Crippen molar-refractivity contribution in [3.8, 4) is 5.75 Å².